The maximum Gasteiger partial charge on any atom is 0.244 e. The number of likely N-dealkylation sites (N-methyl/N-ethyl adjacent to an activating group) is 1. The molecule has 21 heavy (non-hydrogen) atoms. The number of nitrogens with one attached hydrogen (secondary N) is 1. The van der Waals surface area contributed by atoms with E-state index in [1.807, 2.05) is 4.90 Å². The van der Waals surface area contributed by atoms with Gasteiger partial charge in [-0.3, -0.25) is 9.59 Å². The fourth-order valence-corrected chi connectivity index (χ4v) is 4.33. The summed E-state index contributed by atoms with van der Waals surface area (Å²) in [5.74, 6) is 0.775. The Morgan fingerprint density at radius 2 is 1.81 bits per heavy atom. The van der Waals surface area contributed by atoms with E-state index in [0.29, 0.717) is 24.4 Å². The van der Waals surface area contributed by atoms with Gasteiger partial charge in [0.15, 0.2) is 0 Å². The van der Waals surface area contributed by atoms with Gasteiger partial charge in [0.2, 0.25) is 11.8 Å². The smallest absolute Gasteiger partial charge is 0.244 e. The van der Waals surface area contributed by atoms with Gasteiger partial charge in [-0.2, -0.15) is 0 Å². The van der Waals surface area contributed by atoms with Crippen LogP contribution in [0.4, 0.5) is 0 Å². The minimum Gasteiger partial charge on any atom is -0.347 e. The Morgan fingerprint density at radius 3 is 2.43 bits per heavy atom. The first-order valence-electron chi connectivity index (χ1n) is 8.31. The Kier molecular flexibility index (Phi) is 4.20. The molecule has 2 bridgehead atoms. The lowest BCUT2D eigenvalue weighted by atomic mass is 9.89. The number of hydrogen-bond donors (Lipinski definition) is 1. The van der Waals surface area contributed by atoms with Crippen molar-refractivity contribution >= 4 is 11.8 Å². The van der Waals surface area contributed by atoms with Gasteiger partial charge in [0.1, 0.15) is 6.04 Å². The second kappa shape index (κ2) is 5.95. The van der Waals surface area contributed by atoms with Crippen LogP contribution in [0.5, 0.6) is 0 Å². The molecule has 5 nitrogen and oxygen atoms in total. The molecule has 118 valence electrons. The number of carbonyl (C=O) groups is 2. The minimum atomic E-state index is -0.217. The number of amides is 2. The lowest BCUT2D eigenvalue weighted by Crippen LogP contribution is -2.46. The van der Waals surface area contributed by atoms with Gasteiger partial charge in [0.05, 0.1) is 0 Å². The highest BCUT2D eigenvalue weighted by molar-refractivity contribution is 5.88. The second-order valence-corrected chi connectivity index (χ2v) is 7.16. The van der Waals surface area contributed by atoms with E-state index < -0.39 is 0 Å². The van der Waals surface area contributed by atoms with Crippen LogP contribution in [0.25, 0.3) is 0 Å². The molecule has 3 saturated heterocycles. The summed E-state index contributed by atoms with van der Waals surface area (Å²) in [5, 5.41) is 3.62. The highest BCUT2D eigenvalue weighted by Crippen LogP contribution is 2.33. The molecular formula is C16H27N3O2. The van der Waals surface area contributed by atoms with Crippen molar-refractivity contribution in [3.63, 3.8) is 0 Å². The van der Waals surface area contributed by atoms with E-state index in [-0.39, 0.29) is 17.9 Å². The second-order valence-electron chi connectivity index (χ2n) is 7.16. The van der Waals surface area contributed by atoms with Crippen LogP contribution in [-0.4, -0.2) is 60.4 Å². The molecule has 0 aromatic carbocycles. The number of likely N-dealkylation sites (tertiary alicyclic amines) is 1. The predicted octanol–water partition coefficient (Wildman–Crippen LogP) is 0.986. The summed E-state index contributed by atoms with van der Waals surface area (Å²) in [6, 6.07) is 1.03. The number of fused-ring (bicyclic) bond motifs is 2. The van der Waals surface area contributed by atoms with Crippen molar-refractivity contribution in [1.82, 2.24) is 15.1 Å². The predicted molar refractivity (Wildman–Crippen MR) is 80.7 cm³/mol. The van der Waals surface area contributed by atoms with E-state index in [9.17, 15) is 9.59 Å². The molecule has 3 atom stereocenters. The SMILES string of the molecule is CN(C)C(=O)C1CCCN1C(=O)CC1CC2CCC(C1)N2. The summed E-state index contributed by atoms with van der Waals surface area (Å²) < 4.78 is 0. The van der Waals surface area contributed by atoms with E-state index in [0.717, 1.165) is 32.2 Å². The molecule has 2 amide bonds. The van der Waals surface area contributed by atoms with Gasteiger partial charge in [-0.25, -0.2) is 0 Å². The van der Waals surface area contributed by atoms with Gasteiger partial charge in [0.25, 0.3) is 0 Å². The van der Waals surface area contributed by atoms with Crippen LogP contribution >= 0.6 is 0 Å². The number of rotatable bonds is 3. The normalized spacial score (nSPS) is 35.0. The first kappa shape index (κ1) is 14.8. The Hall–Kier alpha value is -1.10. The molecule has 0 saturated carbocycles. The van der Waals surface area contributed by atoms with Gasteiger partial charge < -0.3 is 15.1 Å². The quantitative estimate of drug-likeness (QED) is 0.844. The average Bonchev–Trinajstić information content (AvgIpc) is 3.04. The van der Waals surface area contributed by atoms with E-state index in [4.69, 9.17) is 0 Å². The molecule has 3 aliphatic heterocycles. The molecule has 3 unspecified atom stereocenters. The highest BCUT2D eigenvalue weighted by Gasteiger charge is 2.38. The molecule has 1 N–H and O–H groups in total. The van der Waals surface area contributed by atoms with Crippen LogP contribution < -0.4 is 5.32 Å². The zero-order valence-electron chi connectivity index (χ0n) is 13.2. The lowest BCUT2D eigenvalue weighted by molar-refractivity contribution is -0.143. The summed E-state index contributed by atoms with van der Waals surface area (Å²) >= 11 is 0. The summed E-state index contributed by atoms with van der Waals surface area (Å²) in [5.41, 5.74) is 0. The lowest BCUT2D eigenvalue weighted by Gasteiger charge is -2.31. The van der Waals surface area contributed by atoms with Gasteiger partial charge in [-0.15, -0.1) is 0 Å². The molecule has 0 aromatic rings. The first-order valence-corrected chi connectivity index (χ1v) is 8.31. The molecule has 5 heteroatoms. The summed E-state index contributed by atoms with van der Waals surface area (Å²) in [4.78, 5) is 28.3. The minimum absolute atomic E-state index is 0.0752. The molecule has 3 rings (SSSR count). The molecule has 0 aromatic heterocycles. The van der Waals surface area contributed by atoms with Crippen LogP contribution in [-0.2, 0) is 9.59 Å². The van der Waals surface area contributed by atoms with Crippen molar-refractivity contribution in [3.8, 4) is 0 Å². The Labute approximate surface area is 127 Å². The van der Waals surface area contributed by atoms with Gasteiger partial charge in [-0.1, -0.05) is 0 Å². The van der Waals surface area contributed by atoms with E-state index in [1.165, 1.54) is 12.8 Å². The summed E-state index contributed by atoms with van der Waals surface area (Å²) in [6.07, 6.45) is 7.19. The van der Waals surface area contributed by atoms with E-state index >= 15 is 0 Å². The van der Waals surface area contributed by atoms with E-state index in [1.54, 1.807) is 19.0 Å². The zero-order valence-corrected chi connectivity index (χ0v) is 13.2. The number of nitrogens with zero attached hydrogens (tertiary/aromatic N) is 2. The fourth-order valence-electron chi connectivity index (χ4n) is 4.33. The van der Waals surface area contributed by atoms with Gasteiger partial charge >= 0.3 is 0 Å². The number of piperidine rings is 1. The summed E-state index contributed by atoms with van der Waals surface area (Å²) in [7, 11) is 3.54. The highest BCUT2D eigenvalue weighted by atomic mass is 16.2. The van der Waals surface area contributed by atoms with Gasteiger partial charge in [0, 0.05) is 39.1 Å². The number of hydrogen-bond acceptors (Lipinski definition) is 3. The Bertz CT molecular complexity index is 412. The van der Waals surface area contributed by atoms with Crippen molar-refractivity contribution in [3.05, 3.63) is 0 Å². The molecule has 0 radical (unpaired) electrons. The summed E-state index contributed by atoms with van der Waals surface area (Å²) in [6.45, 7) is 0.751. The average molecular weight is 293 g/mol. The van der Waals surface area contributed by atoms with Crippen LogP contribution in [0.3, 0.4) is 0 Å². The fraction of sp³-hybridized carbons (Fsp3) is 0.875. The third-order valence-electron chi connectivity index (χ3n) is 5.33. The van der Waals surface area contributed by atoms with Crippen LogP contribution in [0.15, 0.2) is 0 Å². The number of carbonyl (C=O) groups excluding carboxylic acids is 2. The standard InChI is InChI=1S/C16H27N3O2/c1-18(2)16(21)14-4-3-7-19(14)15(20)10-11-8-12-5-6-13(9-11)17-12/h11-14,17H,3-10H2,1-2H3. The maximum atomic E-state index is 12.6. The Morgan fingerprint density at radius 1 is 1.14 bits per heavy atom. The topological polar surface area (TPSA) is 52.7 Å². The van der Waals surface area contributed by atoms with Crippen LogP contribution in [0.1, 0.15) is 44.9 Å². The monoisotopic (exact) mass is 293 g/mol. The third kappa shape index (κ3) is 3.07. The maximum absolute atomic E-state index is 12.6. The third-order valence-corrected chi connectivity index (χ3v) is 5.33. The van der Waals surface area contributed by atoms with Crippen molar-refractivity contribution in [2.24, 2.45) is 5.92 Å². The molecule has 0 aliphatic carbocycles. The van der Waals surface area contributed by atoms with Crippen LogP contribution in [0.2, 0.25) is 0 Å². The molecule has 3 fully saturated rings. The Balaban J connectivity index is 1.58. The zero-order chi connectivity index (χ0) is 15.0. The van der Waals surface area contributed by atoms with Crippen molar-refractivity contribution in [1.29, 1.82) is 0 Å². The molecular weight excluding hydrogens is 266 g/mol. The van der Waals surface area contributed by atoms with E-state index in [2.05, 4.69) is 5.32 Å². The largest absolute Gasteiger partial charge is 0.347 e. The van der Waals surface area contributed by atoms with Gasteiger partial charge in [-0.05, 0) is 44.4 Å². The van der Waals surface area contributed by atoms with Crippen LogP contribution in [0, 0.1) is 5.92 Å². The molecule has 3 heterocycles. The first-order chi connectivity index (χ1) is 10.0. The van der Waals surface area contributed by atoms with Crippen molar-refractivity contribution in [2.75, 3.05) is 20.6 Å². The van der Waals surface area contributed by atoms with Crippen molar-refractivity contribution in [2.45, 2.75) is 63.1 Å². The molecule has 3 aliphatic rings. The van der Waals surface area contributed by atoms with Crippen molar-refractivity contribution < 1.29 is 9.59 Å². The molecule has 0 spiro atoms.